The smallest absolute Gasteiger partial charge is 0.306 e. The number of amides is 3. The molecule has 0 aromatic carbocycles. The van der Waals surface area contributed by atoms with Crippen LogP contribution in [-0.4, -0.2) is 211 Å². The maximum absolute atomic E-state index is 11.8. The molecule has 78 heavy (non-hydrogen) atoms. The van der Waals surface area contributed by atoms with Crippen LogP contribution >= 0.6 is 70.6 Å². The average Bonchev–Trinajstić information content (AvgIpc) is 3.43. The van der Waals surface area contributed by atoms with Crippen molar-refractivity contribution in [3.05, 3.63) is 0 Å². The number of nitrogens with one attached hydrogen (secondary N) is 6. The zero-order valence-electron chi connectivity index (χ0n) is 49.4. The van der Waals surface area contributed by atoms with Crippen LogP contribution in [0.3, 0.4) is 0 Å². The molecule has 0 bridgehead atoms. The van der Waals surface area contributed by atoms with Gasteiger partial charge in [-0.1, -0.05) is 41.5 Å². The number of hydrogen-bond acceptors (Lipinski definition) is 23. The third-order valence-corrected chi connectivity index (χ3v) is 19.0. The molecule has 0 radical (unpaired) electrons. The summed E-state index contributed by atoms with van der Waals surface area (Å²) < 4.78 is 13.8. The van der Waals surface area contributed by atoms with Gasteiger partial charge in [0.2, 0.25) is 17.7 Å². The highest BCUT2D eigenvalue weighted by Crippen LogP contribution is 2.24. The van der Waals surface area contributed by atoms with Crippen LogP contribution in [0, 0.1) is 35.5 Å². The molecular weight excluding hydrogens is 1120 g/mol. The average molecular weight is 1230 g/mol. The van der Waals surface area contributed by atoms with Gasteiger partial charge >= 0.3 is 17.9 Å². The maximum atomic E-state index is 11.8. The fraction of sp³-hybridized carbons (Fsp3) is 0.885. The normalized spacial score (nSPS) is 13.0. The van der Waals surface area contributed by atoms with Crippen LogP contribution in [0.5, 0.6) is 0 Å². The molecule has 0 heterocycles. The monoisotopic (exact) mass is 1230 g/mol. The molecule has 0 aromatic rings. The summed E-state index contributed by atoms with van der Waals surface area (Å²) in [5, 5.41) is 18.2. The van der Waals surface area contributed by atoms with Crippen molar-refractivity contribution >= 4 is 106 Å². The molecule has 0 aliphatic carbocycles. The second kappa shape index (κ2) is 64.8. The van der Waals surface area contributed by atoms with E-state index in [-0.39, 0.29) is 42.3 Å². The Labute approximate surface area is 497 Å². The Balaban J connectivity index is -0.000000522. The molecule has 464 valence electrons. The Morgan fingerprint density at radius 2 is 0.526 bits per heavy atom. The molecular formula is C52H111N11O9S6. The standard InChI is InChI=1S/C20H44N6O2S2.C17H35N3O3S2.C14H26O4S2.CH6N2/c1-17(15-29-13-3-19(27)25-11-9-23-7-5-21)18(2)16-30-14-4-20(28)26-12-10-24-8-6-22;1-14(15(2)13-25-11-5-17(22)23-3)12-24-10-4-16(21)20-9-8-19-7-6-18;1-11(9-19-7-5-13(15)17-3)12(2)10-20-8-6-14(16)18-4;2-1-3/h17-18,23-24H,3-16,21-22H2,1-2H3,(H,25,27)(H,26,28);14-15,19H,4-13,18H2,1-3H3,(H,20,21);11-12H,5-10H2,1-4H3;1-3H2. The number of esters is 3. The Kier molecular flexibility index (Phi) is 69.0. The zero-order valence-corrected chi connectivity index (χ0v) is 54.3. The lowest BCUT2D eigenvalue weighted by molar-refractivity contribution is -0.141. The summed E-state index contributed by atoms with van der Waals surface area (Å²) in [6.45, 7) is 22.2. The van der Waals surface area contributed by atoms with Gasteiger partial charge < -0.3 is 74.8 Å². The van der Waals surface area contributed by atoms with Crippen molar-refractivity contribution in [2.75, 3.05) is 176 Å². The highest BCUT2D eigenvalue weighted by atomic mass is 32.2. The quantitative estimate of drug-likeness (QED) is 0.0181. The minimum Gasteiger partial charge on any atom is -0.469 e. The van der Waals surface area contributed by atoms with Gasteiger partial charge in [-0.3, -0.25) is 28.8 Å². The minimum absolute atomic E-state index is 0.112. The van der Waals surface area contributed by atoms with E-state index in [1.54, 1.807) is 35.3 Å². The number of rotatable bonds is 48. The summed E-state index contributed by atoms with van der Waals surface area (Å²) in [6.07, 6.45) is 3.14. The van der Waals surface area contributed by atoms with Gasteiger partial charge in [0, 0.05) is 139 Å². The molecule has 0 saturated carbocycles. The lowest BCUT2D eigenvalue weighted by Crippen LogP contribution is -2.34. The van der Waals surface area contributed by atoms with Crippen molar-refractivity contribution in [1.82, 2.24) is 31.9 Å². The van der Waals surface area contributed by atoms with Crippen LogP contribution in [0.4, 0.5) is 0 Å². The second-order valence-corrected chi connectivity index (χ2v) is 25.3. The van der Waals surface area contributed by atoms with E-state index in [1.165, 1.54) is 21.3 Å². The van der Waals surface area contributed by atoms with Gasteiger partial charge in [-0.15, -0.1) is 0 Å². The number of nitrogens with two attached hydrogens (primary N) is 5. The Hall–Kier alpha value is -1.40. The zero-order chi connectivity index (χ0) is 59.5. The second-order valence-electron chi connectivity index (χ2n) is 18.4. The van der Waals surface area contributed by atoms with Crippen molar-refractivity contribution in [3.8, 4) is 0 Å². The third kappa shape index (κ3) is 63.8. The first-order valence-electron chi connectivity index (χ1n) is 27.5. The molecule has 0 saturated heterocycles. The molecule has 26 heteroatoms. The molecule has 0 fully saturated rings. The van der Waals surface area contributed by atoms with E-state index in [4.69, 9.17) is 17.2 Å². The number of carbonyl (C=O) groups is 6. The van der Waals surface area contributed by atoms with Crippen LogP contribution in [-0.2, 0) is 43.0 Å². The fourth-order valence-corrected chi connectivity index (χ4v) is 12.8. The van der Waals surface area contributed by atoms with E-state index >= 15 is 0 Å². The maximum Gasteiger partial charge on any atom is 0.306 e. The number of hydrogen-bond donors (Lipinski definition) is 11. The van der Waals surface area contributed by atoms with Gasteiger partial charge in [-0.05, 0) is 70.0 Å². The van der Waals surface area contributed by atoms with E-state index in [9.17, 15) is 28.8 Å². The van der Waals surface area contributed by atoms with Crippen LogP contribution in [0.1, 0.15) is 80.1 Å². The highest BCUT2D eigenvalue weighted by Gasteiger charge is 2.16. The van der Waals surface area contributed by atoms with E-state index < -0.39 is 0 Å². The predicted octanol–water partition coefficient (Wildman–Crippen LogP) is 2.89. The molecule has 0 aliphatic rings. The molecule has 0 aliphatic heterocycles. The van der Waals surface area contributed by atoms with E-state index in [0.717, 1.165) is 108 Å². The highest BCUT2D eigenvalue weighted by molar-refractivity contribution is 8.00. The molecule has 16 N–H and O–H groups in total. The fourth-order valence-electron chi connectivity index (χ4n) is 5.69. The van der Waals surface area contributed by atoms with Crippen molar-refractivity contribution in [2.24, 2.45) is 64.2 Å². The van der Waals surface area contributed by atoms with E-state index in [2.05, 4.69) is 99.1 Å². The first-order chi connectivity index (χ1) is 37.4. The SMILES string of the molecule is CC(CSCCC(=O)NCCNCCN)C(C)CSCCC(=O)NCCNCCN.COC(=O)CCSCC(C)C(C)CSCCC(=O)NCCNCCN.COC(=O)CCSCC(C)C(C)CSCCC(=O)OC.NCN. The van der Waals surface area contributed by atoms with Gasteiger partial charge in [0.1, 0.15) is 0 Å². The summed E-state index contributed by atoms with van der Waals surface area (Å²) in [4.78, 5) is 68.2. The van der Waals surface area contributed by atoms with Gasteiger partial charge in [0.05, 0.1) is 40.6 Å². The van der Waals surface area contributed by atoms with Crippen LogP contribution in [0.2, 0.25) is 0 Å². The van der Waals surface area contributed by atoms with Gasteiger partial charge in [0.25, 0.3) is 0 Å². The van der Waals surface area contributed by atoms with Crippen molar-refractivity contribution in [3.63, 3.8) is 0 Å². The van der Waals surface area contributed by atoms with Crippen LogP contribution in [0.15, 0.2) is 0 Å². The Bertz CT molecular complexity index is 1350. The minimum atomic E-state index is -0.142. The lowest BCUT2D eigenvalue weighted by atomic mass is 10.0. The van der Waals surface area contributed by atoms with E-state index in [0.29, 0.717) is 113 Å². The summed E-state index contributed by atoms with van der Waals surface area (Å²) >= 11 is 10.9. The topological polar surface area (TPSA) is 332 Å². The van der Waals surface area contributed by atoms with Crippen LogP contribution < -0.4 is 60.6 Å². The third-order valence-electron chi connectivity index (χ3n) is 11.5. The van der Waals surface area contributed by atoms with Gasteiger partial charge in [-0.25, -0.2) is 0 Å². The van der Waals surface area contributed by atoms with Crippen molar-refractivity contribution in [2.45, 2.75) is 80.1 Å². The Morgan fingerprint density at radius 3 is 0.705 bits per heavy atom. The Morgan fingerprint density at radius 1 is 0.333 bits per heavy atom. The number of thioether (sulfide) groups is 6. The van der Waals surface area contributed by atoms with Crippen LogP contribution in [0.25, 0.3) is 0 Å². The number of methoxy groups -OCH3 is 3. The first kappa shape index (κ1) is 83.1. The molecule has 0 spiro atoms. The number of carbonyl (C=O) groups excluding carboxylic acids is 6. The number of ether oxygens (including phenoxy) is 3. The van der Waals surface area contributed by atoms with Crippen molar-refractivity contribution in [1.29, 1.82) is 0 Å². The lowest BCUT2D eigenvalue weighted by Gasteiger charge is -2.19. The molecule has 20 nitrogen and oxygen atoms in total. The van der Waals surface area contributed by atoms with Gasteiger partial charge in [-0.2, -0.15) is 70.6 Å². The largest absolute Gasteiger partial charge is 0.469 e. The molecule has 6 unspecified atom stereocenters. The summed E-state index contributed by atoms with van der Waals surface area (Å²) in [5.74, 6) is 14.8. The summed E-state index contributed by atoms with van der Waals surface area (Å²) in [7, 11) is 4.26. The van der Waals surface area contributed by atoms with E-state index in [1.807, 2.05) is 35.3 Å². The summed E-state index contributed by atoms with van der Waals surface area (Å²) in [5.41, 5.74) is 25.4. The predicted molar refractivity (Wildman–Crippen MR) is 341 cm³/mol. The first-order valence-corrected chi connectivity index (χ1v) is 34.5. The molecule has 3 amide bonds. The summed E-state index contributed by atoms with van der Waals surface area (Å²) in [6, 6.07) is 0. The molecule has 0 aromatic heterocycles. The van der Waals surface area contributed by atoms with Gasteiger partial charge in [0.15, 0.2) is 0 Å². The molecule has 6 atom stereocenters. The van der Waals surface area contributed by atoms with Crippen molar-refractivity contribution < 1.29 is 43.0 Å². The molecule has 0 rings (SSSR count).